The summed E-state index contributed by atoms with van der Waals surface area (Å²) in [4.78, 5) is 41.0. The maximum atomic E-state index is 12.5. The number of aromatic nitrogens is 2. The molecule has 7 heteroatoms. The van der Waals surface area contributed by atoms with Crippen molar-refractivity contribution in [3.8, 4) is 0 Å². The van der Waals surface area contributed by atoms with Gasteiger partial charge in [0.1, 0.15) is 5.82 Å². The van der Waals surface area contributed by atoms with Gasteiger partial charge in [0.2, 0.25) is 0 Å². The molecule has 2 aromatic carbocycles. The van der Waals surface area contributed by atoms with E-state index in [1.54, 1.807) is 47.0 Å². The van der Waals surface area contributed by atoms with Gasteiger partial charge < -0.3 is 10.1 Å². The summed E-state index contributed by atoms with van der Waals surface area (Å²) in [6.45, 7) is 1.02. The van der Waals surface area contributed by atoms with Gasteiger partial charge in [-0.05, 0) is 42.3 Å². The van der Waals surface area contributed by atoms with Gasteiger partial charge in [0, 0.05) is 25.1 Å². The lowest BCUT2D eigenvalue weighted by Crippen LogP contribution is -2.24. The highest BCUT2D eigenvalue weighted by atomic mass is 16.5. The zero-order chi connectivity index (χ0) is 19.7. The van der Waals surface area contributed by atoms with E-state index < -0.39 is 5.97 Å². The first-order valence-electron chi connectivity index (χ1n) is 9.06. The molecule has 2 heterocycles. The van der Waals surface area contributed by atoms with E-state index in [4.69, 9.17) is 0 Å². The van der Waals surface area contributed by atoms with Crippen molar-refractivity contribution >= 4 is 22.8 Å². The quantitative estimate of drug-likeness (QED) is 0.703. The van der Waals surface area contributed by atoms with Crippen molar-refractivity contribution < 1.29 is 14.3 Å². The van der Waals surface area contributed by atoms with Crippen molar-refractivity contribution in [2.24, 2.45) is 0 Å². The fourth-order valence-corrected chi connectivity index (χ4v) is 3.39. The molecule has 142 valence electrons. The fourth-order valence-electron chi connectivity index (χ4n) is 3.39. The summed E-state index contributed by atoms with van der Waals surface area (Å²) in [5, 5.41) is 3.37. The summed E-state index contributed by atoms with van der Waals surface area (Å²) in [5.74, 6) is 0.128. The number of aryl methyl sites for hydroxylation is 1. The second kappa shape index (κ2) is 7.26. The zero-order valence-corrected chi connectivity index (χ0v) is 15.4. The summed E-state index contributed by atoms with van der Waals surface area (Å²) in [6.07, 6.45) is 1.70. The predicted molar refractivity (Wildman–Crippen MR) is 103 cm³/mol. The van der Waals surface area contributed by atoms with Crippen LogP contribution in [0.25, 0.3) is 10.9 Å². The Bertz CT molecular complexity index is 1130. The normalized spacial score (nSPS) is 12.6. The average molecular weight is 377 g/mol. The Morgan fingerprint density at radius 1 is 1.14 bits per heavy atom. The van der Waals surface area contributed by atoms with Crippen LogP contribution in [0.2, 0.25) is 0 Å². The van der Waals surface area contributed by atoms with Crippen molar-refractivity contribution in [1.82, 2.24) is 14.9 Å². The van der Waals surface area contributed by atoms with Gasteiger partial charge >= 0.3 is 5.97 Å². The molecule has 0 atom stereocenters. The van der Waals surface area contributed by atoms with Crippen LogP contribution >= 0.6 is 0 Å². The number of nitrogens with zero attached hydrogens (tertiary/aromatic N) is 2. The molecule has 0 spiro atoms. The van der Waals surface area contributed by atoms with Crippen LogP contribution in [0.15, 0.2) is 47.3 Å². The van der Waals surface area contributed by atoms with Crippen molar-refractivity contribution in [3.05, 3.63) is 75.3 Å². The second-order valence-electron chi connectivity index (χ2n) is 6.69. The standard InChI is InChI=1S/C21H19N3O4/c1-28-21(27)14-6-4-13(5-7-14)12-22-19(25)15-8-9-16-17(11-15)23-18-3-2-10-24(18)20(16)26/h4-9,11H,2-3,10,12H2,1H3,(H,22,25). The monoisotopic (exact) mass is 377 g/mol. The molecule has 1 aliphatic heterocycles. The van der Waals surface area contributed by atoms with Crippen LogP contribution in [0.4, 0.5) is 0 Å². The summed E-state index contributed by atoms with van der Waals surface area (Å²) in [6, 6.07) is 11.8. The Kier molecular flexibility index (Phi) is 4.65. The Balaban J connectivity index is 1.50. The minimum Gasteiger partial charge on any atom is -0.465 e. The summed E-state index contributed by atoms with van der Waals surface area (Å²) < 4.78 is 6.37. The van der Waals surface area contributed by atoms with Crippen LogP contribution in [0.1, 0.15) is 38.5 Å². The number of carbonyl (C=O) groups excluding carboxylic acids is 2. The van der Waals surface area contributed by atoms with Crippen molar-refractivity contribution in [1.29, 1.82) is 0 Å². The molecule has 0 saturated carbocycles. The van der Waals surface area contributed by atoms with E-state index in [0.29, 0.717) is 35.1 Å². The molecule has 7 nitrogen and oxygen atoms in total. The van der Waals surface area contributed by atoms with Gasteiger partial charge in [0.15, 0.2) is 0 Å². The molecule has 28 heavy (non-hydrogen) atoms. The highest BCUT2D eigenvalue weighted by Crippen LogP contribution is 2.16. The summed E-state index contributed by atoms with van der Waals surface area (Å²) >= 11 is 0. The number of fused-ring (bicyclic) bond motifs is 2. The van der Waals surface area contributed by atoms with Crippen molar-refractivity contribution in [2.45, 2.75) is 25.9 Å². The predicted octanol–water partition coefficient (Wildman–Crippen LogP) is 2.06. The van der Waals surface area contributed by atoms with Crippen molar-refractivity contribution in [3.63, 3.8) is 0 Å². The van der Waals surface area contributed by atoms with E-state index in [9.17, 15) is 14.4 Å². The van der Waals surface area contributed by atoms with E-state index in [2.05, 4.69) is 15.0 Å². The fraction of sp³-hybridized carbons (Fsp3) is 0.238. The third kappa shape index (κ3) is 3.26. The molecule has 0 unspecified atom stereocenters. The first kappa shape index (κ1) is 17.9. The van der Waals surface area contributed by atoms with Crippen LogP contribution in [-0.4, -0.2) is 28.5 Å². The molecule has 3 aromatic rings. The van der Waals surface area contributed by atoms with E-state index in [1.165, 1.54) is 7.11 Å². The lowest BCUT2D eigenvalue weighted by atomic mass is 10.1. The number of nitrogens with one attached hydrogen (secondary N) is 1. The van der Waals surface area contributed by atoms with E-state index in [-0.39, 0.29) is 11.5 Å². The zero-order valence-electron chi connectivity index (χ0n) is 15.4. The van der Waals surface area contributed by atoms with Crippen LogP contribution in [0.5, 0.6) is 0 Å². The van der Waals surface area contributed by atoms with Crippen molar-refractivity contribution in [2.75, 3.05) is 7.11 Å². The number of amides is 1. The molecule has 0 bridgehead atoms. The van der Waals surface area contributed by atoms with Gasteiger partial charge in [-0.25, -0.2) is 9.78 Å². The van der Waals surface area contributed by atoms with Crippen LogP contribution < -0.4 is 10.9 Å². The van der Waals surface area contributed by atoms with Gasteiger partial charge in [0.05, 0.1) is 23.6 Å². The third-order valence-corrected chi connectivity index (χ3v) is 4.91. The molecule has 0 saturated heterocycles. The SMILES string of the molecule is COC(=O)c1ccc(CNC(=O)c2ccc3c(=O)n4c(nc3c2)CCC4)cc1. The molecular formula is C21H19N3O4. The number of ether oxygens (including phenoxy) is 1. The lowest BCUT2D eigenvalue weighted by Gasteiger charge is -2.08. The second-order valence-corrected chi connectivity index (χ2v) is 6.69. The number of esters is 1. The summed E-state index contributed by atoms with van der Waals surface area (Å²) in [7, 11) is 1.33. The van der Waals surface area contributed by atoms with Crippen LogP contribution in [-0.2, 0) is 24.2 Å². The molecular weight excluding hydrogens is 358 g/mol. The van der Waals surface area contributed by atoms with Gasteiger partial charge in [-0.3, -0.25) is 14.2 Å². The number of carbonyl (C=O) groups is 2. The molecule has 1 aliphatic rings. The third-order valence-electron chi connectivity index (χ3n) is 4.91. The Labute approximate surface area is 161 Å². The molecule has 1 amide bonds. The number of hydrogen-bond acceptors (Lipinski definition) is 5. The number of rotatable bonds is 4. The minimum atomic E-state index is -0.401. The highest BCUT2D eigenvalue weighted by molar-refractivity contribution is 5.97. The van der Waals surface area contributed by atoms with E-state index >= 15 is 0 Å². The molecule has 0 aliphatic carbocycles. The van der Waals surface area contributed by atoms with Gasteiger partial charge in [0.25, 0.3) is 11.5 Å². The maximum absolute atomic E-state index is 12.5. The number of methoxy groups -OCH3 is 1. The molecule has 1 N–H and O–H groups in total. The average Bonchev–Trinajstić information content (AvgIpc) is 3.20. The van der Waals surface area contributed by atoms with Gasteiger partial charge in [-0.15, -0.1) is 0 Å². The number of benzene rings is 2. The maximum Gasteiger partial charge on any atom is 0.337 e. The van der Waals surface area contributed by atoms with Gasteiger partial charge in [-0.1, -0.05) is 12.1 Å². The first-order valence-corrected chi connectivity index (χ1v) is 9.06. The Morgan fingerprint density at radius 2 is 1.89 bits per heavy atom. The smallest absolute Gasteiger partial charge is 0.337 e. The topological polar surface area (TPSA) is 90.3 Å². The summed E-state index contributed by atoms with van der Waals surface area (Å²) in [5.41, 5.74) is 2.27. The van der Waals surface area contributed by atoms with E-state index in [0.717, 1.165) is 24.2 Å². The highest BCUT2D eigenvalue weighted by Gasteiger charge is 2.17. The molecule has 0 radical (unpaired) electrons. The number of hydrogen-bond donors (Lipinski definition) is 1. The van der Waals surface area contributed by atoms with Crippen LogP contribution in [0.3, 0.4) is 0 Å². The minimum absolute atomic E-state index is 0.0462. The first-order chi connectivity index (χ1) is 13.6. The molecule has 4 rings (SSSR count). The molecule has 1 aromatic heterocycles. The molecule has 0 fully saturated rings. The Hall–Kier alpha value is -3.48. The van der Waals surface area contributed by atoms with Gasteiger partial charge in [-0.2, -0.15) is 0 Å². The van der Waals surface area contributed by atoms with E-state index in [1.807, 2.05) is 0 Å². The largest absolute Gasteiger partial charge is 0.465 e. The lowest BCUT2D eigenvalue weighted by molar-refractivity contribution is 0.0600. The Morgan fingerprint density at radius 3 is 2.64 bits per heavy atom. The van der Waals surface area contributed by atoms with Crippen LogP contribution in [0, 0.1) is 0 Å².